The zero-order chi connectivity index (χ0) is 21.3. The van der Waals surface area contributed by atoms with Gasteiger partial charge in [-0.25, -0.2) is 4.98 Å². The predicted octanol–water partition coefficient (Wildman–Crippen LogP) is 3.23. The molecule has 1 aliphatic rings. The number of methoxy groups -OCH3 is 1. The number of benzene rings is 1. The Hall–Kier alpha value is -2.07. The summed E-state index contributed by atoms with van der Waals surface area (Å²) >= 11 is 0. The van der Waals surface area contributed by atoms with Gasteiger partial charge in [0.2, 0.25) is 0 Å². The number of halogens is 1. The first-order valence-electron chi connectivity index (χ1n) is 10.5. The van der Waals surface area contributed by atoms with Crippen molar-refractivity contribution in [1.82, 2.24) is 15.6 Å². The number of ether oxygens (including phenoxy) is 2. The van der Waals surface area contributed by atoms with Crippen molar-refractivity contribution in [2.24, 2.45) is 4.99 Å². The molecule has 2 atom stereocenters. The Kier molecular flexibility index (Phi) is 10.3. The summed E-state index contributed by atoms with van der Waals surface area (Å²) in [6.45, 7) is 7.39. The second-order valence-corrected chi connectivity index (χ2v) is 7.60. The maximum Gasteiger partial charge on any atom is 0.191 e. The quantitative estimate of drug-likeness (QED) is 0.320. The minimum atomic E-state index is 0. The van der Waals surface area contributed by atoms with Crippen LogP contribution in [0.3, 0.4) is 0 Å². The van der Waals surface area contributed by atoms with Crippen LogP contribution in [0.15, 0.2) is 47.6 Å². The minimum absolute atomic E-state index is 0. The van der Waals surface area contributed by atoms with E-state index in [-0.39, 0.29) is 36.2 Å². The van der Waals surface area contributed by atoms with Gasteiger partial charge in [0.25, 0.3) is 0 Å². The molecule has 1 saturated heterocycles. The summed E-state index contributed by atoms with van der Waals surface area (Å²) in [5.74, 6) is 2.68. The van der Waals surface area contributed by atoms with Crippen LogP contribution in [-0.2, 0) is 17.7 Å². The molecule has 0 saturated carbocycles. The lowest BCUT2D eigenvalue weighted by Crippen LogP contribution is -2.45. The molecule has 2 aromatic rings. The number of anilines is 1. The van der Waals surface area contributed by atoms with Crippen molar-refractivity contribution >= 4 is 35.8 Å². The molecule has 170 valence electrons. The van der Waals surface area contributed by atoms with Gasteiger partial charge < -0.3 is 25.0 Å². The van der Waals surface area contributed by atoms with E-state index in [2.05, 4.69) is 57.6 Å². The number of nitrogens with one attached hydrogen (secondary N) is 2. The second kappa shape index (κ2) is 12.7. The molecule has 31 heavy (non-hydrogen) atoms. The molecule has 2 N–H and O–H groups in total. The average Bonchev–Trinajstić information content (AvgIpc) is 2.76. The Bertz CT molecular complexity index is 821. The van der Waals surface area contributed by atoms with Gasteiger partial charge in [0.05, 0.1) is 19.3 Å². The number of aromatic nitrogens is 1. The normalized spacial score (nSPS) is 18.8. The van der Waals surface area contributed by atoms with Gasteiger partial charge in [-0.05, 0) is 43.5 Å². The molecule has 1 fully saturated rings. The number of hydrogen-bond acceptors (Lipinski definition) is 5. The molecule has 0 amide bonds. The summed E-state index contributed by atoms with van der Waals surface area (Å²) in [7, 11) is 3.48. The predicted molar refractivity (Wildman–Crippen MR) is 137 cm³/mol. The highest BCUT2D eigenvalue weighted by Gasteiger charge is 2.22. The average molecular weight is 539 g/mol. The van der Waals surface area contributed by atoms with Crippen molar-refractivity contribution in [2.75, 3.05) is 38.7 Å². The smallest absolute Gasteiger partial charge is 0.191 e. The van der Waals surface area contributed by atoms with Gasteiger partial charge in [0, 0.05) is 39.4 Å². The van der Waals surface area contributed by atoms with Gasteiger partial charge in [-0.3, -0.25) is 4.99 Å². The molecular formula is C23H34IN5O2. The van der Waals surface area contributed by atoms with Crippen molar-refractivity contribution in [2.45, 2.75) is 39.0 Å². The van der Waals surface area contributed by atoms with E-state index in [4.69, 9.17) is 9.47 Å². The van der Waals surface area contributed by atoms with Crippen LogP contribution in [-0.4, -0.2) is 56.9 Å². The summed E-state index contributed by atoms with van der Waals surface area (Å²) in [6.07, 6.45) is 3.23. The largest absolute Gasteiger partial charge is 0.496 e. The summed E-state index contributed by atoms with van der Waals surface area (Å²) in [6, 6.07) is 12.3. The number of guanidine groups is 1. The van der Waals surface area contributed by atoms with Gasteiger partial charge in [0.15, 0.2) is 5.96 Å². The molecular weight excluding hydrogens is 505 g/mol. The van der Waals surface area contributed by atoms with Crippen LogP contribution in [0.1, 0.15) is 25.0 Å². The number of pyridine rings is 1. The minimum Gasteiger partial charge on any atom is -0.496 e. The molecule has 1 aromatic heterocycles. The first kappa shape index (κ1) is 25.2. The first-order valence-corrected chi connectivity index (χ1v) is 10.5. The number of hydrogen-bond donors (Lipinski definition) is 2. The van der Waals surface area contributed by atoms with Gasteiger partial charge in [-0.15, -0.1) is 24.0 Å². The van der Waals surface area contributed by atoms with Crippen molar-refractivity contribution in [3.8, 4) is 5.75 Å². The van der Waals surface area contributed by atoms with Gasteiger partial charge in [0.1, 0.15) is 11.6 Å². The summed E-state index contributed by atoms with van der Waals surface area (Å²) in [5.41, 5.74) is 2.29. The third kappa shape index (κ3) is 7.53. The van der Waals surface area contributed by atoms with Crippen LogP contribution < -0.4 is 20.3 Å². The number of nitrogens with zero attached hydrogens (tertiary/aromatic N) is 3. The fourth-order valence-electron chi connectivity index (χ4n) is 3.70. The molecule has 2 unspecified atom stereocenters. The zero-order valence-corrected chi connectivity index (χ0v) is 21.1. The summed E-state index contributed by atoms with van der Waals surface area (Å²) in [4.78, 5) is 11.2. The molecule has 1 aromatic carbocycles. The van der Waals surface area contributed by atoms with E-state index in [0.717, 1.165) is 49.1 Å². The Morgan fingerprint density at radius 1 is 1.16 bits per heavy atom. The van der Waals surface area contributed by atoms with Crippen LogP contribution >= 0.6 is 24.0 Å². The standard InChI is InChI=1S/C23H33N5O2.HI/c1-17-15-28(16-18(2)30-17)22-10-9-19(13-26-22)14-27-23(24-3)25-12-11-20-7-5-6-8-21(20)29-4;/h5-10,13,17-18H,11-12,14-16H2,1-4H3,(H2,24,25,27);1H. The van der Waals surface area contributed by atoms with E-state index >= 15 is 0 Å². The van der Waals surface area contributed by atoms with E-state index in [1.54, 1.807) is 14.2 Å². The lowest BCUT2D eigenvalue weighted by atomic mass is 10.1. The summed E-state index contributed by atoms with van der Waals surface area (Å²) < 4.78 is 11.2. The van der Waals surface area contributed by atoms with E-state index in [9.17, 15) is 0 Å². The molecule has 3 rings (SSSR count). The Morgan fingerprint density at radius 3 is 2.55 bits per heavy atom. The lowest BCUT2D eigenvalue weighted by molar-refractivity contribution is -0.00545. The molecule has 0 spiro atoms. The fourth-order valence-corrected chi connectivity index (χ4v) is 3.70. The highest BCUT2D eigenvalue weighted by atomic mass is 127. The third-order valence-corrected chi connectivity index (χ3v) is 5.12. The van der Waals surface area contributed by atoms with E-state index in [0.29, 0.717) is 6.54 Å². The third-order valence-electron chi connectivity index (χ3n) is 5.12. The van der Waals surface area contributed by atoms with Crippen molar-refractivity contribution in [1.29, 1.82) is 0 Å². The Balaban J connectivity index is 0.00000341. The Labute approximate surface area is 202 Å². The molecule has 2 heterocycles. The fraction of sp³-hybridized carbons (Fsp3) is 0.478. The van der Waals surface area contributed by atoms with Crippen molar-refractivity contribution in [3.63, 3.8) is 0 Å². The lowest BCUT2D eigenvalue weighted by Gasteiger charge is -2.36. The molecule has 8 heteroatoms. The maximum absolute atomic E-state index is 5.81. The van der Waals surface area contributed by atoms with Crippen LogP contribution in [0.2, 0.25) is 0 Å². The van der Waals surface area contributed by atoms with E-state index in [1.165, 1.54) is 5.56 Å². The molecule has 1 aliphatic heterocycles. The molecule has 7 nitrogen and oxygen atoms in total. The van der Waals surface area contributed by atoms with Gasteiger partial charge in [-0.2, -0.15) is 0 Å². The van der Waals surface area contributed by atoms with Crippen LogP contribution in [0, 0.1) is 0 Å². The molecule has 0 aliphatic carbocycles. The zero-order valence-electron chi connectivity index (χ0n) is 18.8. The van der Waals surface area contributed by atoms with Crippen LogP contribution in [0.5, 0.6) is 5.75 Å². The van der Waals surface area contributed by atoms with Crippen LogP contribution in [0.25, 0.3) is 0 Å². The second-order valence-electron chi connectivity index (χ2n) is 7.60. The first-order chi connectivity index (χ1) is 14.6. The number of aliphatic imine (C=N–C) groups is 1. The van der Waals surface area contributed by atoms with Gasteiger partial charge >= 0.3 is 0 Å². The van der Waals surface area contributed by atoms with Gasteiger partial charge in [-0.1, -0.05) is 24.3 Å². The topological polar surface area (TPSA) is 71.0 Å². The molecule has 0 radical (unpaired) electrons. The number of rotatable bonds is 7. The molecule has 0 bridgehead atoms. The highest BCUT2D eigenvalue weighted by Crippen LogP contribution is 2.19. The van der Waals surface area contributed by atoms with Crippen molar-refractivity contribution < 1.29 is 9.47 Å². The van der Waals surface area contributed by atoms with E-state index < -0.39 is 0 Å². The highest BCUT2D eigenvalue weighted by molar-refractivity contribution is 14.0. The van der Waals surface area contributed by atoms with Crippen LogP contribution in [0.4, 0.5) is 5.82 Å². The maximum atomic E-state index is 5.81. The monoisotopic (exact) mass is 539 g/mol. The Morgan fingerprint density at radius 2 is 1.90 bits per heavy atom. The van der Waals surface area contributed by atoms with E-state index in [1.807, 2.05) is 24.4 Å². The van der Waals surface area contributed by atoms with Crippen molar-refractivity contribution in [3.05, 3.63) is 53.7 Å². The summed E-state index contributed by atoms with van der Waals surface area (Å²) in [5, 5.41) is 6.70. The SMILES string of the molecule is CN=C(NCCc1ccccc1OC)NCc1ccc(N2CC(C)OC(C)C2)nc1.I. The number of para-hydroxylation sites is 1. The number of morpholine rings is 1.